The number of nitrogens with one attached hydrogen (secondary N) is 2. The summed E-state index contributed by atoms with van der Waals surface area (Å²) in [6, 6.07) is 9.07. The molecule has 2 N–H and O–H groups in total. The number of aryl methyl sites for hydroxylation is 1. The molecular formula is C23H30FN3O4. The lowest BCUT2D eigenvalue weighted by Crippen LogP contribution is -2.38. The summed E-state index contributed by atoms with van der Waals surface area (Å²) in [5, 5.41) is 6.56. The minimum Gasteiger partial charge on any atom is -0.491 e. The highest BCUT2D eigenvalue weighted by Gasteiger charge is 2.17. The first-order valence-corrected chi connectivity index (χ1v) is 10.3. The molecule has 0 saturated carbocycles. The average molecular weight is 432 g/mol. The van der Waals surface area contributed by atoms with Crippen LogP contribution in [-0.2, 0) is 29.0 Å². The van der Waals surface area contributed by atoms with Crippen LogP contribution in [0, 0.1) is 12.7 Å². The number of methoxy groups -OCH3 is 1. The normalized spacial score (nSPS) is 13.4. The maximum atomic E-state index is 13.9. The highest BCUT2D eigenvalue weighted by atomic mass is 19.1. The van der Waals surface area contributed by atoms with E-state index in [9.17, 15) is 4.39 Å². The lowest BCUT2D eigenvalue weighted by Gasteiger charge is -2.21. The van der Waals surface area contributed by atoms with Crippen LogP contribution < -0.4 is 20.1 Å². The summed E-state index contributed by atoms with van der Waals surface area (Å²) in [5.41, 5.74) is 3.71. The lowest BCUT2D eigenvalue weighted by atomic mass is 10.1. The Labute approximate surface area is 182 Å². The molecule has 1 heterocycles. The Morgan fingerprint density at radius 3 is 2.84 bits per heavy atom. The molecule has 7 nitrogen and oxygen atoms in total. The van der Waals surface area contributed by atoms with E-state index in [4.69, 9.17) is 18.9 Å². The predicted octanol–water partition coefficient (Wildman–Crippen LogP) is 2.93. The zero-order valence-electron chi connectivity index (χ0n) is 18.3. The Morgan fingerprint density at radius 1 is 1.16 bits per heavy atom. The Morgan fingerprint density at radius 2 is 2.03 bits per heavy atom. The van der Waals surface area contributed by atoms with E-state index in [0.717, 1.165) is 33.8 Å². The third-order valence-corrected chi connectivity index (χ3v) is 4.88. The molecule has 1 aliphatic heterocycles. The zero-order valence-corrected chi connectivity index (χ0v) is 18.3. The first kappa shape index (κ1) is 22.8. The van der Waals surface area contributed by atoms with Crippen LogP contribution >= 0.6 is 0 Å². The third kappa shape index (κ3) is 6.57. The molecule has 0 aliphatic carbocycles. The number of halogens is 1. The summed E-state index contributed by atoms with van der Waals surface area (Å²) in [5.74, 6) is 1.91. The number of ether oxygens (including phenoxy) is 4. The van der Waals surface area contributed by atoms with Gasteiger partial charge in [0.2, 0.25) is 0 Å². The highest BCUT2D eigenvalue weighted by Crippen LogP contribution is 2.29. The van der Waals surface area contributed by atoms with E-state index < -0.39 is 0 Å². The fourth-order valence-electron chi connectivity index (χ4n) is 3.33. The Bertz CT molecular complexity index is 905. The van der Waals surface area contributed by atoms with Crippen molar-refractivity contribution in [2.45, 2.75) is 26.5 Å². The lowest BCUT2D eigenvalue weighted by molar-refractivity contribution is -0.0172. The number of rotatable bonds is 9. The molecule has 31 heavy (non-hydrogen) atoms. The largest absolute Gasteiger partial charge is 0.491 e. The number of benzene rings is 2. The van der Waals surface area contributed by atoms with Crippen LogP contribution in [0.2, 0.25) is 0 Å². The maximum Gasteiger partial charge on any atom is 0.191 e. The standard InChI is InChI=1S/C23H30FN3O4/c1-16-4-5-18(21(10-16)30-9-8-28-3)13-27-23(25-2)26-7-6-17-11-20(24)12-19-14-29-15-31-22(17)19/h4-5,10-12H,6-9,13-15H2,1-3H3,(H2,25,26,27). The van der Waals surface area contributed by atoms with Gasteiger partial charge in [-0.05, 0) is 42.7 Å². The van der Waals surface area contributed by atoms with Gasteiger partial charge in [0.1, 0.15) is 23.9 Å². The summed E-state index contributed by atoms with van der Waals surface area (Å²) in [4.78, 5) is 4.27. The second kappa shape index (κ2) is 11.5. The Balaban J connectivity index is 1.55. The number of nitrogens with zero attached hydrogens (tertiary/aromatic N) is 1. The Hall–Kier alpha value is -2.84. The van der Waals surface area contributed by atoms with Crippen molar-refractivity contribution in [1.29, 1.82) is 0 Å². The molecule has 0 radical (unpaired) electrons. The highest BCUT2D eigenvalue weighted by molar-refractivity contribution is 5.79. The molecule has 0 fully saturated rings. The molecule has 0 unspecified atom stereocenters. The molecule has 8 heteroatoms. The number of hydrogen-bond acceptors (Lipinski definition) is 5. The van der Waals surface area contributed by atoms with Gasteiger partial charge in [-0.25, -0.2) is 4.39 Å². The van der Waals surface area contributed by atoms with Crippen LogP contribution in [0.15, 0.2) is 35.3 Å². The first-order valence-electron chi connectivity index (χ1n) is 10.3. The van der Waals surface area contributed by atoms with Gasteiger partial charge in [0.25, 0.3) is 0 Å². The first-order chi connectivity index (χ1) is 15.1. The van der Waals surface area contributed by atoms with E-state index in [1.54, 1.807) is 14.2 Å². The quantitative estimate of drug-likeness (QED) is 0.361. The van der Waals surface area contributed by atoms with Crippen LogP contribution in [0.1, 0.15) is 22.3 Å². The minimum atomic E-state index is -0.286. The number of fused-ring (bicyclic) bond motifs is 1. The summed E-state index contributed by atoms with van der Waals surface area (Å²) in [7, 11) is 3.36. The molecule has 0 bridgehead atoms. The summed E-state index contributed by atoms with van der Waals surface area (Å²) in [6.07, 6.45) is 0.594. The molecule has 0 saturated heterocycles. The predicted molar refractivity (Wildman–Crippen MR) is 117 cm³/mol. The smallest absolute Gasteiger partial charge is 0.191 e. The van der Waals surface area contributed by atoms with Gasteiger partial charge < -0.3 is 29.6 Å². The molecule has 0 amide bonds. The maximum absolute atomic E-state index is 13.9. The Kier molecular flexibility index (Phi) is 8.49. The van der Waals surface area contributed by atoms with Gasteiger partial charge in [-0.1, -0.05) is 12.1 Å². The molecule has 1 aliphatic rings. The van der Waals surface area contributed by atoms with Gasteiger partial charge in [0, 0.05) is 38.4 Å². The van der Waals surface area contributed by atoms with Crippen molar-refractivity contribution in [1.82, 2.24) is 10.6 Å². The third-order valence-electron chi connectivity index (χ3n) is 4.88. The molecule has 3 rings (SSSR count). The van der Waals surface area contributed by atoms with Crippen molar-refractivity contribution in [2.24, 2.45) is 4.99 Å². The molecule has 168 valence electrons. The van der Waals surface area contributed by atoms with Crippen LogP contribution in [0.3, 0.4) is 0 Å². The SMILES string of the molecule is CN=C(NCCc1cc(F)cc2c1OCOC2)NCc1ccc(C)cc1OCCOC. The van der Waals surface area contributed by atoms with Gasteiger partial charge in [-0.2, -0.15) is 0 Å². The molecule has 2 aromatic carbocycles. The second-order valence-electron chi connectivity index (χ2n) is 7.22. The summed E-state index contributed by atoms with van der Waals surface area (Å²) >= 11 is 0. The zero-order chi connectivity index (χ0) is 22.1. The van der Waals surface area contributed by atoms with Gasteiger partial charge in [0.15, 0.2) is 12.8 Å². The monoisotopic (exact) mass is 431 g/mol. The van der Waals surface area contributed by atoms with Gasteiger partial charge in [-0.15, -0.1) is 0 Å². The fourth-order valence-corrected chi connectivity index (χ4v) is 3.33. The summed E-state index contributed by atoms with van der Waals surface area (Å²) in [6.45, 7) is 4.73. The topological polar surface area (TPSA) is 73.3 Å². The van der Waals surface area contributed by atoms with Crippen LogP contribution in [0.25, 0.3) is 0 Å². The molecule has 2 aromatic rings. The van der Waals surface area contributed by atoms with E-state index in [1.165, 1.54) is 12.1 Å². The number of aliphatic imine (C=N–C) groups is 1. The molecule has 0 atom stereocenters. The molecule has 0 aromatic heterocycles. The van der Waals surface area contributed by atoms with E-state index in [0.29, 0.717) is 45.3 Å². The van der Waals surface area contributed by atoms with E-state index >= 15 is 0 Å². The van der Waals surface area contributed by atoms with E-state index in [1.807, 2.05) is 25.1 Å². The van der Waals surface area contributed by atoms with Gasteiger partial charge in [-0.3, -0.25) is 4.99 Å². The van der Waals surface area contributed by atoms with Gasteiger partial charge in [0.05, 0.1) is 13.2 Å². The average Bonchev–Trinajstić information content (AvgIpc) is 2.77. The van der Waals surface area contributed by atoms with E-state index in [-0.39, 0.29) is 12.6 Å². The number of hydrogen-bond donors (Lipinski definition) is 2. The van der Waals surface area contributed by atoms with Crippen molar-refractivity contribution >= 4 is 5.96 Å². The second-order valence-corrected chi connectivity index (χ2v) is 7.22. The van der Waals surface area contributed by atoms with Crippen molar-refractivity contribution in [3.05, 3.63) is 58.4 Å². The van der Waals surface area contributed by atoms with Crippen molar-refractivity contribution in [2.75, 3.05) is 40.7 Å². The molecule has 0 spiro atoms. The van der Waals surface area contributed by atoms with E-state index in [2.05, 4.69) is 15.6 Å². The van der Waals surface area contributed by atoms with Crippen molar-refractivity contribution < 1.29 is 23.3 Å². The van der Waals surface area contributed by atoms with Crippen LogP contribution in [0.4, 0.5) is 4.39 Å². The van der Waals surface area contributed by atoms with Crippen LogP contribution in [0.5, 0.6) is 11.5 Å². The minimum absolute atomic E-state index is 0.188. The molecular weight excluding hydrogens is 401 g/mol. The number of guanidine groups is 1. The van der Waals surface area contributed by atoms with Crippen LogP contribution in [-0.4, -0.2) is 46.7 Å². The van der Waals surface area contributed by atoms with Crippen molar-refractivity contribution in [3.63, 3.8) is 0 Å². The fraction of sp³-hybridized carbons (Fsp3) is 0.435. The van der Waals surface area contributed by atoms with Gasteiger partial charge >= 0.3 is 0 Å². The summed E-state index contributed by atoms with van der Waals surface area (Å²) < 4.78 is 35.6. The van der Waals surface area contributed by atoms with Crippen molar-refractivity contribution in [3.8, 4) is 11.5 Å².